The lowest BCUT2D eigenvalue weighted by Gasteiger charge is -2.15. The van der Waals surface area contributed by atoms with E-state index in [-0.39, 0.29) is 17.8 Å². The Labute approximate surface area is 145 Å². The van der Waals surface area contributed by atoms with Crippen LogP contribution in [-0.4, -0.2) is 36.1 Å². The summed E-state index contributed by atoms with van der Waals surface area (Å²) in [4.78, 5) is 24.5. The molecule has 0 bridgehead atoms. The average Bonchev–Trinajstić information content (AvgIpc) is 3.00. The molecule has 1 atom stereocenters. The van der Waals surface area contributed by atoms with Gasteiger partial charge in [-0.25, -0.2) is 0 Å². The standard InChI is InChI=1S/C18H19N3O4/c1-20-8-7-12-9-13(5-6-16(12)20)17(22)11-19-18(23)14-3-2-4-15(10-14)21(24)25/h2-6,9-10,17,22H,7-8,11H2,1H3,(H,19,23). The van der Waals surface area contributed by atoms with Crippen LogP contribution in [0.2, 0.25) is 0 Å². The van der Waals surface area contributed by atoms with E-state index >= 15 is 0 Å². The van der Waals surface area contributed by atoms with Gasteiger partial charge in [0.2, 0.25) is 0 Å². The first kappa shape index (κ1) is 16.9. The van der Waals surface area contributed by atoms with E-state index in [1.54, 1.807) is 0 Å². The summed E-state index contributed by atoms with van der Waals surface area (Å²) in [6.07, 6.45) is 0.103. The quantitative estimate of drug-likeness (QED) is 0.641. The summed E-state index contributed by atoms with van der Waals surface area (Å²) in [6.45, 7) is 0.995. The third-order valence-corrected chi connectivity index (χ3v) is 4.39. The number of aliphatic hydroxyl groups excluding tert-OH is 1. The predicted molar refractivity (Wildman–Crippen MR) is 93.8 cm³/mol. The van der Waals surface area contributed by atoms with Crippen LogP contribution in [0.1, 0.15) is 27.6 Å². The number of non-ortho nitro benzene ring substituents is 1. The molecule has 0 fully saturated rings. The van der Waals surface area contributed by atoms with Gasteiger partial charge in [-0.05, 0) is 29.7 Å². The number of amides is 1. The van der Waals surface area contributed by atoms with Crippen LogP contribution >= 0.6 is 0 Å². The van der Waals surface area contributed by atoms with Crippen molar-refractivity contribution in [1.82, 2.24) is 5.32 Å². The van der Waals surface area contributed by atoms with E-state index in [1.165, 1.54) is 29.8 Å². The van der Waals surface area contributed by atoms with Crippen molar-refractivity contribution in [2.45, 2.75) is 12.5 Å². The van der Waals surface area contributed by atoms with E-state index in [0.717, 1.165) is 24.2 Å². The van der Waals surface area contributed by atoms with Crippen molar-refractivity contribution in [2.75, 3.05) is 25.0 Å². The topological polar surface area (TPSA) is 95.7 Å². The SMILES string of the molecule is CN1CCc2cc(C(O)CNC(=O)c3cccc([N+](=O)[O-])c3)ccc21. The number of nitrogens with zero attached hydrogens (tertiary/aromatic N) is 2. The van der Waals surface area contributed by atoms with Crippen LogP contribution in [0.15, 0.2) is 42.5 Å². The van der Waals surface area contributed by atoms with Gasteiger partial charge in [-0.15, -0.1) is 0 Å². The molecule has 3 rings (SSSR count). The van der Waals surface area contributed by atoms with Crippen LogP contribution < -0.4 is 10.2 Å². The van der Waals surface area contributed by atoms with E-state index in [4.69, 9.17) is 0 Å². The number of likely N-dealkylation sites (N-methyl/N-ethyl adjacent to an activating group) is 1. The first-order valence-electron chi connectivity index (χ1n) is 8.00. The Morgan fingerprint density at radius 2 is 2.16 bits per heavy atom. The van der Waals surface area contributed by atoms with Gasteiger partial charge < -0.3 is 15.3 Å². The van der Waals surface area contributed by atoms with Crippen LogP contribution in [-0.2, 0) is 6.42 Å². The lowest BCUT2D eigenvalue weighted by atomic mass is 10.0. The number of nitro benzene ring substituents is 1. The van der Waals surface area contributed by atoms with Gasteiger partial charge in [0.05, 0.1) is 11.0 Å². The fourth-order valence-electron chi connectivity index (χ4n) is 2.96. The van der Waals surface area contributed by atoms with Crippen molar-refractivity contribution < 1.29 is 14.8 Å². The van der Waals surface area contributed by atoms with E-state index in [2.05, 4.69) is 10.2 Å². The summed E-state index contributed by atoms with van der Waals surface area (Å²) in [5.41, 5.74) is 3.14. The largest absolute Gasteiger partial charge is 0.387 e. The summed E-state index contributed by atoms with van der Waals surface area (Å²) in [6, 6.07) is 11.3. The maximum atomic E-state index is 12.1. The van der Waals surface area contributed by atoms with Gasteiger partial charge >= 0.3 is 0 Å². The lowest BCUT2D eigenvalue weighted by Crippen LogP contribution is -2.28. The monoisotopic (exact) mass is 341 g/mol. The minimum absolute atomic E-state index is 0.0378. The molecular formula is C18H19N3O4. The number of benzene rings is 2. The fraction of sp³-hybridized carbons (Fsp3) is 0.278. The number of rotatable bonds is 5. The van der Waals surface area contributed by atoms with Crippen LogP contribution in [0.3, 0.4) is 0 Å². The molecule has 130 valence electrons. The second-order valence-electron chi connectivity index (χ2n) is 6.09. The summed E-state index contributed by atoms with van der Waals surface area (Å²) in [5.74, 6) is -0.455. The summed E-state index contributed by atoms with van der Waals surface area (Å²) >= 11 is 0. The third-order valence-electron chi connectivity index (χ3n) is 4.39. The molecule has 1 amide bonds. The number of carbonyl (C=O) groups is 1. The minimum Gasteiger partial charge on any atom is -0.387 e. The first-order chi connectivity index (χ1) is 12.0. The molecular weight excluding hydrogens is 322 g/mol. The molecule has 1 unspecified atom stereocenters. The molecule has 7 heteroatoms. The first-order valence-corrected chi connectivity index (χ1v) is 8.00. The molecule has 0 saturated carbocycles. The van der Waals surface area contributed by atoms with Gasteiger partial charge in [0.15, 0.2) is 0 Å². The molecule has 0 radical (unpaired) electrons. The molecule has 0 spiro atoms. The van der Waals surface area contributed by atoms with Crippen molar-refractivity contribution in [3.05, 3.63) is 69.3 Å². The highest BCUT2D eigenvalue weighted by Gasteiger charge is 2.18. The highest BCUT2D eigenvalue weighted by Crippen LogP contribution is 2.29. The molecule has 2 aromatic carbocycles. The molecule has 1 aliphatic heterocycles. The Bertz CT molecular complexity index is 822. The van der Waals surface area contributed by atoms with Crippen molar-refractivity contribution in [2.24, 2.45) is 0 Å². The smallest absolute Gasteiger partial charge is 0.270 e. The van der Waals surface area contributed by atoms with Crippen molar-refractivity contribution >= 4 is 17.3 Å². The molecule has 25 heavy (non-hydrogen) atoms. The highest BCUT2D eigenvalue weighted by atomic mass is 16.6. The number of hydrogen-bond donors (Lipinski definition) is 2. The number of aliphatic hydroxyl groups is 1. The van der Waals surface area contributed by atoms with Crippen molar-refractivity contribution in [1.29, 1.82) is 0 Å². The molecule has 1 heterocycles. The fourth-order valence-corrected chi connectivity index (χ4v) is 2.96. The van der Waals surface area contributed by atoms with Crippen molar-refractivity contribution in [3.8, 4) is 0 Å². The third kappa shape index (κ3) is 3.61. The van der Waals surface area contributed by atoms with E-state index in [9.17, 15) is 20.0 Å². The van der Waals surface area contributed by atoms with Crippen LogP contribution in [0.5, 0.6) is 0 Å². The molecule has 0 saturated heterocycles. The zero-order valence-corrected chi connectivity index (χ0v) is 13.8. The van der Waals surface area contributed by atoms with Crippen molar-refractivity contribution in [3.63, 3.8) is 0 Å². The number of fused-ring (bicyclic) bond motifs is 1. The number of hydrogen-bond acceptors (Lipinski definition) is 5. The Balaban J connectivity index is 1.64. The molecule has 2 aromatic rings. The Hall–Kier alpha value is -2.93. The normalized spacial score (nSPS) is 14.1. The van der Waals surface area contributed by atoms with Gasteiger partial charge in [-0.3, -0.25) is 14.9 Å². The van der Waals surface area contributed by atoms with Gasteiger partial charge in [0, 0.05) is 43.5 Å². The summed E-state index contributed by atoms with van der Waals surface area (Å²) in [7, 11) is 2.03. The van der Waals surface area contributed by atoms with Gasteiger partial charge in [0.1, 0.15) is 0 Å². The van der Waals surface area contributed by atoms with Gasteiger partial charge in [-0.2, -0.15) is 0 Å². The lowest BCUT2D eigenvalue weighted by molar-refractivity contribution is -0.384. The summed E-state index contributed by atoms with van der Waals surface area (Å²) in [5, 5.41) is 23.7. The molecule has 2 N–H and O–H groups in total. The number of nitrogens with one attached hydrogen (secondary N) is 1. The van der Waals surface area contributed by atoms with Gasteiger partial charge in [-0.1, -0.05) is 18.2 Å². The van der Waals surface area contributed by atoms with Crippen LogP contribution in [0.25, 0.3) is 0 Å². The zero-order valence-electron chi connectivity index (χ0n) is 13.8. The summed E-state index contributed by atoms with van der Waals surface area (Å²) < 4.78 is 0. The second kappa shape index (κ2) is 6.90. The second-order valence-corrected chi connectivity index (χ2v) is 6.09. The predicted octanol–water partition coefficient (Wildman–Crippen LogP) is 2.05. The Morgan fingerprint density at radius 3 is 2.92 bits per heavy atom. The maximum Gasteiger partial charge on any atom is 0.270 e. The molecule has 0 aromatic heterocycles. The zero-order chi connectivity index (χ0) is 18.0. The Morgan fingerprint density at radius 1 is 1.36 bits per heavy atom. The molecule has 1 aliphatic rings. The minimum atomic E-state index is -0.834. The van der Waals surface area contributed by atoms with Crippen LogP contribution in [0, 0.1) is 10.1 Å². The Kier molecular flexibility index (Phi) is 4.67. The molecule has 0 aliphatic carbocycles. The van der Waals surface area contributed by atoms with E-state index < -0.39 is 16.9 Å². The van der Waals surface area contributed by atoms with Crippen LogP contribution in [0.4, 0.5) is 11.4 Å². The maximum absolute atomic E-state index is 12.1. The number of nitro groups is 1. The number of carbonyl (C=O) groups excluding carboxylic acids is 1. The molecule has 7 nitrogen and oxygen atoms in total. The average molecular weight is 341 g/mol. The highest BCUT2D eigenvalue weighted by molar-refractivity contribution is 5.94. The van der Waals surface area contributed by atoms with Gasteiger partial charge in [0.25, 0.3) is 11.6 Å². The number of anilines is 1. The van der Waals surface area contributed by atoms with E-state index in [0.29, 0.717) is 0 Å². The van der Waals surface area contributed by atoms with E-state index in [1.807, 2.05) is 25.2 Å².